The second kappa shape index (κ2) is 4.91. The predicted octanol–water partition coefficient (Wildman–Crippen LogP) is 1.35. The largest absolute Gasteiger partial charge is 0.302 e. The first kappa shape index (κ1) is 13.1. The van der Waals surface area contributed by atoms with Crippen molar-refractivity contribution in [3.8, 4) is 0 Å². The highest BCUT2D eigenvalue weighted by atomic mass is 32.1. The van der Waals surface area contributed by atoms with E-state index in [9.17, 15) is 9.59 Å². The van der Waals surface area contributed by atoms with Gasteiger partial charge in [-0.2, -0.15) is 0 Å². The predicted molar refractivity (Wildman–Crippen MR) is 65.7 cm³/mol. The van der Waals surface area contributed by atoms with E-state index in [4.69, 9.17) is 12.2 Å². The van der Waals surface area contributed by atoms with Crippen molar-refractivity contribution in [2.75, 3.05) is 0 Å². The zero-order valence-corrected chi connectivity index (χ0v) is 10.7. The molecule has 4 nitrogen and oxygen atoms in total. The number of nitrogens with one attached hydrogen (secondary N) is 2. The Kier molecular flexibility index (Phi) is 4.02. The molecule has 0 atom stereocenters. The molecule has 0 bridgehead atoms. The molecular weight excluding hydrogens is 224 g/mol. The van der Waals surface area contributed by atoms with Gasteiger partial charge in [0.2, 0.25) is 11.8 Å². The summed E-state index contributed by atoms with van der Waals surface area (Å²) in [5.74, 6) is -0.559. The quantitative estimate of drug-likeness (QED) is 0.578. The number of amides is 2. The maximum absolute atomic E-state index is 12.0. The van der Waals surface area contributed by atoms with Crippen LogP contribution in [0.4, 0.5) is 0 Å². The summed E-state index contributed by atoms with van der Waals surface area (Å²) in [5.41, 5.74) is -0.960. The smallest absolute Gasteiger partial charge is 0.242 e. The van der Waals surface area contributed by atoms with Crippen molar-refractivity contribution in [1.29, 1.82) is 0 Å². The average molecular weight is 242 g/mol. The minimum Gasteiger partial charge on any atom is -0.302 e. The number of unbranched alkanes of at least 4 members (excludes halogenated alkanes) is 1. The van der Waals surface area contributed by atoms with Crippen LogP contribution in [-0.4, -0.2) is 16.9 Å². The van der Waals surface area contributed by atoms with Gasteiger partial charge in [0, 0.05) is 0 Å². The topological polar surface area (TPSA) is 58.2 Å². The minimum absolute atomic E-state index is 0.0397. The number of carbonyl (C=O) groups excluding carboxylic acids is 2. The first-order valence-corrected chi connectivity index (χ1v) is 6.02. The second-order valence-electron chi connectivity index (χ2n) is 4.47. The highest BCUT2D eigenvalue weighted by Crippen LogP contribution is 2.35. The van der Waals surface area contributed by atoms with Crippen LogP contribution in [0.3, 0.4) is 0 Å². The summed E-state index contributed by atoms with van der Waals surface area (Å²) in [5, 5.41) is 5.22. The zero-order chi connectivity index (χ0) is 12.3. The minimum atomic E-state index is -0.960. The Balaban J connectivity index is 3.02. The Morgan fingerprint density at radius 1 is 1.25 bits per heavy atom. The molecule has 5 heteroatoms. The lowest BCUT2D eigenvalue weighted by atomic mass is 9.71. The number of rotatable bonds is 4. The summed E-state index contributed by atoms with van der Waals surface area (Å²) < 4.78 is 0. The molecule has 0 saturated carbocycles. The van der Waals surface area contributed by atoms with E-state index in [0.717, 1.165) is 12.8 Å². The van der Waals surface area contributed by atoms with Crippen LogP contribution in [0.25, 0.3) is 0 Å². The van der Waals surface area contributed by atoms with Gasteiger partial charge in [0.15, 0.2) is 5.11 Å². The second-order valence-corrected chi connectivity index (χ2v) is 4.88. The van der Waals surface area contributed by atoms with Crippen LogP contribution in [0.5, 0.6) is 0 Å². The molecule has 0 aromatic heterocycles. The molecule has 1 fully saturated rings. The molecule has 0 unspecified atom stereocenters. The molecule has 0 radical (unpaired) electrons. The summed E-state index contributed by atoms with van der Waals surface area (Å²) in [4.78, 5) is 24.0. The Bertz CT molecular complexity index is 306. The van der Waals surface area contributed by atoms with Crippen molar-refractivity contribution < 1.29 is 9.59 Å². The van der Waals surface area contributed by atoms with Crippen molar-refractivity contribution in [2.45, 2.75) is 40.0 Å². The van der Waals surface area contributed by atoms with Gasteiger partial charge < -0.3 is 10.6 Å². The van der Waals surface area contributed by atoms with E-state index in [1.807, 2.05) is 20.8 Å². The van der Waals surface area contributed by atoms with E-state index >= 15 is 0 Å². The molecule has 1 rings (SSSR count). The Hall–Kier alpha value is -0.970. The van der Waals surface area contributed by atoms with Gasteiger partial charge in [0.1, 0.15) is 5.41 Å². The fourth-order valence-corrected chi connectivity index (χ4v) is 2.24. The van der Waals surface area contributed by atoms with Gasteiger partial charge in [-0.15, -0.1) is 0 Å². The van der Waals surface area contributed by atoms with E-state index in [1.165, 1.54) is 0 Å². The summed E-state index contributed by atoms with van der Waals surface area (Å²) in [7, 11) is 0. The molecular formula is C11H18N2O2S. The first-order chi connectivity index (χ1) is 7.45. The lowest BCUT2D eigenvalue weighted by molar-refractivity contribution is -0.147. The monoisotopic (exact) mass is 242 g/mol. The zero-order valence-electron chi connectivity index (χ0n) is 9.92. The fraction of sp³-hybridized carbons (Fsp3) is 0.727. The molecule has 0 spiro atoms. The molecule has 16 heavy (non-hydrogen) atoms. The molecule has 0 aliphatic carbocycles. The van der Waals surface area contributed by atoms with Gasteiger partial charge in [-0.25, -0.2) is 0 Å². The normalized spacial score (nSPS) is 19.6. The third kappa shape index (κ3) is 2.09. The van der Waals surface area contributed by atoms with Crippen LogP contribution in [0.2, 0.25) is 0 Å². The van der Waals surface area contributed by atoms with Gasteiger partial charge in [-0.05, 0) is 24.6 Å². The number of hydrogen-bond acceptors (Lipinski definition) is 3. The number of thiocarbonyl (C=S) groups is 1. The third-order valence-electron chi connectivity index (χ3n) is 3.17. The van der Waals surface area contributed by atoms with E-state index in [0.29, 0.717) is 6.42 Å². The molecule has 1 heterocycles. The Labute approximate surface area is 101 Å². The van der Waals surface area contributed by atoms with Crippen molar-refractivity contribution >= 4 is 29.1 Å². The molecule has 0 aromatic carbocycles. The Morgan fingerprint density at radius 2 is 1.75 bits per heavy atom. The lowest BCUT2D eigenvalue weighted by Crippen LogP contribution is -2.64. The Morgan fingerprint density at radius 3 is 2.12 bits per heavy atom. The highest BCUT2D eigenvalue weighted by Gasteiger charge is 2.50. The molecule has 1 aliphatic rings. The molecule has 1 saturated heterocycles. The molecule has 0 aromatic rings. The molecule has 90 valence electrons. The van der Waals surface area contributed by atoms with Crippen LogP contribution in [0.15, 0.2) is 0 Å². The van der Waals surface area contributed by atoms with Crippen LogP contribution >= 0.6 is 12.2 Å². The van der Waals surface area contributed by atoms with Crippen molar-refractivity contribution in [2.24, 2.45) is 11.3 Å². The van der Waals surface area contributed by atoms with Gasteiger partial charge in [0.05, 0.1) is 0 Å². The van der Waals surface area contributed by atoms with Crippen LogP contribution in [-0.2, 0) is 9.59 Å². The third-order valence-corrected chi connectivity index (χ3v) is 3.38. The van der Waals surface area contributed by atoms with Gasteiger partial charge in [-0.3, -0.25) is 9.59 Å². The van der Waals surface area contributed by atoms with Gasteiger partial charge in [0.25, 0.3) is 0 Å². The van der Waals surface area contributed by atoms with Crippen LogP contribution < -0.4 is 10.6 Å². The average Bonchev–Trinajstić information content (AvgIpc) is 2.16. The summed E-state index contributed by atoms with van der Waals surface area (Å²) in [6.07, 6.45) is 2.38. The maximum atomic E-state index is 12.0. The van der Waals surface area contributed by atoms with Gasteiger partial charge in [-0.1, -0.05) is 33.6 Å². The van der Waals surface area contributed by atoms with Gasteiger partial charge >= 0.3 is 0 Å². The number of carbonyl (C=O) groups is 2. The van der Waals surface area contributed by atoms with E-state index in [-0.39, 0.29) is 22.8 Å². The summed E-state index contributed by atoms with van der Waals surface area (Å²) >= 11 is 4.80. The summed E-state index contributed by atoms with van der Waals surface area (Å²) in [6, 6.07) is 0. The van der Waals surface area contributed by atoms with E-state index in [2.05, 4.69) is 10.6 Å². The van der Waals surface area contributed by atoms with Crippen molar-refractivity contribution in [3.63, 3.8) is 0 Å². The van der Waals surface area contributed by atoms with Crippen LogP contribution in [0.1, 0.15) is 40.0 Å². The van der Waals surface area contributed by atoms with Crippen LogP contribution in [0, 0.1) is 11.3 Å². The van der Waals surface area contributed by atoms with Crippen molar-refractivity contribution in [1.82, 2.24) is 10.6 Å². The molecule has 2 N–H and O–H groups in total. The molecule has 2 amide bonds. The van der Waals surface area contributed by atoms with Crippen molar-refractivity contribution in [3.05, 3.63) is 0 Å². The van der Waals surface area contributed by atoms with E-state index < -0.39 is 5.41 Å². The first-order valence-electron chi connectivity index (χ1n) is 5.62. The van der Waals surface area contributed by atoms with E-state index in [1.54, 1.807) is 0 Å². The molecule has 1 aliphatic heterocycles. The maximum Gasteiger partial charge on any atom is 0.242 e. The SMILES string of the molecule is CCCCC1(C(C)C)C(=O)NC(=S)NC1=O. The number of hydrogen-bond donors (Lipinski definition) is 2. The summed E-state index contributed by atoms with van der Waals surface area (Å²) in [6.45, 7) is 5.82. The fourth-order valence-electron chi connectivity index (χ4n) is 2.06. The highest BCUT2D eigenvalue weighted by molar-refractivity contribution is 7.80. The lowest BCUT2D eigenvalue weighted by Gasteiger charge is -2.38. The standard InChI is InChI=1S/C11H18N2O2S/c1-4-5-6-11(7(2)3)8(14)12-10(16)13-9(11)15/h7H,4-6H2,1-3H3,(H2,12,13,14,15,16).